The molecule has 8 heteroatoms. The molecule has 0 saturated heterocycles. The molecule has 1 amide bonds. The first-order valence-corrected chi connectivity index (χ1v) is 12.5. The maximum absolute atomic E-state index is 13.2. The summed E-state index contributed by atoms with van der Waals surface area (Å²) < 4.78 is 28.9. The van der Waals surface area contributed by atoms with Gasteiger partial charge < -0.3 is 9.88 Å². The molecule has 0 spiro atoms. The predicted molar refractivity (Wildman–Crippen MR) is 123 cm³/mol. The van der Waals surface area contributed by atoms with Crippen LogP contribution in [0.1, 0.15) is 57.3 Å². The van der Waals surface area contributed by atoms with Gasteiger partial charge in [0.15, 0.2) is 0 Å². The monoisotopic (exact) mass is 447 g/mol. The summed E-state index contributed by atoms with van der Waals surface area (Å²) in [6.45, 7) is 8.56. The van der Waals surface area contributed by atoms with E-state index in [1.165, 1.54) is 22.6 Å². The van der Waals surface area contributed by atoms with Crippen LogP contribution in [0.15, 0.2) is 34.1 Å². The van der Waals surface area contributed by atoms with Crippen LogP contribution in [0.3, 0.4) is 0 Å². The number of aryl methyl sites for hydroxylation is 1. The van der Waals surface area contributed by atoms with Crippen molar-refractivity contribution in [1.82, 2.24) is 14.2 Å². The van der Waals surface area contributed by atoms with E-state index >= 15 is 0 Å². The second-order valence-corrected chi connectivity index (χ2v) is 10.5. The number of pyridine rings is 1. The highest BCUT2D eigenvalue weighted by Crippen LogP contribution is 2.29. The van der Waals surface area contributed by atoms with Crippen LogP contribution in [0.5, 0.6) is 0 Å². The van der Waals surface area contributed by atoms with Crippen molar-refractivity contribution in [3.05, 3.63) is 40.2 Å². The number of hydrogen-bond acceptors (Lipinski definition) is 4. The Morgan fingerprint density at radius 3 is 2.52 bits per heavy atom. The number of sulfonamides is 1. The number of nitrogens with zero attached hydrogens (tertiary/aromatic N) is 2. The van der Waals surface area contributed by atoms with E-state index in [0.717, 1.165) is 19.3 Å². The molecule has 1 aliphatic rings. The summed E-state index contributed by atoms with van der Waals surface area (Å²) in [6.07, 6.45) is 4.64. The third-order valence-corrected chi connectivity index (χ3v) is 8.82. The van der Waals surface area contributed by atoms with E-state index in [-0.39, 0.29) is 21.9 Å². The Morgan fingerprint density at radius 1 is 1.19 bits per heavy atom. The molecule has 1 heterocycles. The lowest BCUT2D eigenvalue weighted by molar-refractivity contribution is 0.0889. The molecule has 1 fully saturated rings. The first kappa shape index (κ1) is 23.5. The molecule has 170 valence electrons. The second-order valence-electron chi connectivity index (χ2n) is 8.60. The molecule has 7 nitrogen and oxygen atoms in total. The Balaban J connectivity index is 2.03. The van der Waals surface area contributed by atoms with Gasteiger partial charge in [-0.3, -0.25) is 9.59 Å². The van der Waals surface area contributed by atoms with Crippen molar-refractivity contribution in [2.24, 2.45) is 18.9 Å². The number of benzene rings is 1. The summed E-state index contributed by atoms with van der Waals surface area (Å²) in [6, 6.07) is 4.57. The van der Waals surface area contributed by atoms with Crippen LogP contribution in [-0.4, -0.2) is 42.3 Å². The average molecular weight is 448 g/mol. The van der Waals surface area contributed by atoms with E-state index in [9.17, 15) is 18.0 Å². The molecule has 0 unspecified atom stereocenters. The molecule has 3 atom stereocenters. The third-order valence-electron chi connectivity index (χ3n) is 6.77. The number of aromatic nitrogens is 1. The van der Waals surface area contributed by atoms with Gasteiger partial charge in [0, 0.05) is 37.8 Å². The summed E-state index contributed by atoms with van der Waals surface area (Å²) in [4.78, 5) is 26.3. The maximum Gasteiger partial charge on any atom is 0.256 e. The number of carbonyl (C=O) groups excluding carboxylic acids is 1. The highest BCUT2D eigenvalue weighted by atomic mass is 32.2. The summed E-state index contributed by atoms with van der Waals surface area (Å²) in [5.74, 6) is 0.463. The number of fused-ring (bicyclic) bond motifs is 1. The predicted octanol–water partition coefficient (Wildman–Crippen LogP) is 3.12. The van der Waals surface area contributed by atoms with Crippen molar-refractivity contribution in [3.8, 4) is 0 Å². The van der Waals surface area contributed by atoms with Crippen LogP contribution in [0.25, 0.3) is 10.9 Å². The fourth-order valence-corrected chi connectivity index (χ4v) is 6.02. The molecule has 0 bridgehead atoms. The van der Waals surface area contributed by atoms with E-state index in [2.05, 4.69) is 19.2 Å². The Labute approximate surface area is 184 Å². The standard InChI is InChI=1S/C23H33N3O4S/c1-6-26(7-2)31(29,30)17-11-12-21-18(13-17)22(27)19(14-25(21)5)23(28)24-20-10-8-9-15(3)16(20)4/h11-16,20H,6-10H2,1-5H3,(H,24,28)/t15-,16+,20-/m1/s1. The number of hydrogen-bond donors (Lipinski definition) is 1. The van der Waals surface area contributed by atoms with Gasteiger partial charge >= 0.3 is 0 Å². The zero-order chi connectivity index (χ0) is 22.9. The van der Waals surface area contributed by atoms with Gasteiger partial charge in [0.2, 0.25) is 15.5 Å². The third kappa shape index (κ3) is 4.41. The molecule has 1 saturated carbocycles. The summed E-state index contributed by atoms with van der Waals surface area (Å²) in [5, 5.41) is 3.28. The van der Waals surface area contributed by atoms with Crippen molar-refractivity contribution in [2.75, 3.05) is 13.1 Å². The summed E-state index contributed by atoms with van der Waals surface area (Å²) in [7, 11) is -1.95. The topological polar surface area (TPSA) is 88.5 Å². The van der Waals surface area contributed by atoms with E-state index < -0.39 is 21.4 Å². The van der Waals surface area contributed by atoms with Crippen LogP contribution in [0.2, 0.25) is 0 Å². The van der Waals surface area contributed by atoms with Crippen LogP contribution in [0.4, 0.5) is 0 Å². The number of rotatable bonds is 6. The highest BCUT2D eigenvalue weighted by Gasteiger charge is 2.29. The summed E-state index contributed by atoms with van der Waals surface area (Å²) >= 11 is 0. The van der Waals surface area contributed by atoms with E-state index in [1.54, 1.807) is 31.5 Å². The molecule has 31 heavy (non-hydrogen) atoms. The van der Waals surface area contributed by atoms with E-state index in [4.69, 9.17) is 0 Å². The van der Waals surface area contributed by atoms with Crippen molar-refractivity contribution < 1.29 is 13.2 Å². The minimum Gasteiger partial charge on any atom is -0.350 e. The smallest absolute Gasteiger partial charge is 0.256 e. The van der Waals surface area contributed by atoms with Gasteiger partial charge in [0.1, 0.15) is 5.56 Å². The Hall–Kier alpha value is -2.19. The van der Waals surface area contributed by atoms with E-state index in [0.29, 0.717) is 30.4 Å². The van der Waals surface area contributed by atoms with Crippen LogP contribution < -0.4 is 10.7 Å². The van der Waals surface area contributed by atoms with Crippen molar-refractivity contribution in [3.63, 3.8) is 0 Å². The molecule has 0 radical (unpaired) electrons. The van der Waals surface area contributed by atoms with Crippen molar-refractivity contribution in [2.45, 2.75) is 57.9 Å². The molecule has 2 aromatic rings. The van der Waals surface area contributed by atoms with Gasteiger partial charge in [-0.15, -0.1) is 0 Å². The van der Waals surface area contributed by atoms with Gasteiger partial charge in [-0.05, 0) is 36.5 Å². The fourth-order valence-electron chi connectivity index (χ4n) is 4.54. The molecule has 3 rings (SSSR count). The van der Waals surface area contributed by atoms with Crippen LogP contribution in [-0.2, 0) is 17.1 Å². The zero-order valence-electron chi connectivity index (χ0n) is 19.0. The molecule has 1 aromatic heterocycles. The molecule has 0 aliphatic heterocycles. The lowest BCUT2D eigenvalue weighted by atomic mass is 9.78. The molecule has 1 aromatic carbocycles. The van der Waals surface area contributed by atoms with Gasteiger partial charge in [0.05, 0.1) is 10.4 Å². The second kappa shape index (κ2) is 9.12. The highest BCUT2D eigenvalue weighted by molar-refractivity contribution is 7.89. The maximum atomic E-state index is 13.2. The number of carbonyl (C=O) groups is 1. The van der Waals surface area contributed by atoms with Gasteiger partial charge in [-0.25, -0.2) is 8.42 Å². The van der Waals surface area contributed by atoms with Crippen molar-refractivity contribution in [1.29, 1.82) is 0 Å². The number of amides is 1. The molecular formula is C23H33N3O4S. The average Bonchev–Trinajstić information content (AvgIpc) is 2.74. The Morgan fingerprint density at radius 2 is 1.87 bits per heavy atom. The van der Waals surface area contributed by atoms with E-state index in [1.807, 2.05) is 0 Å². The molecule has 1 N–H and O–H groups in total. The SMILES string of the molecule is CCN(CC)S(=O)(=O)c1ccc2c(c1)c(=O)c(C(=O)N[C@@H]1CCC[C@@H](C)[C@@H]1C)cn2C. The molecule has 1 aliphatic carbocycles. The molecular weight excluding hydrogens is 414 g/mol. The lowest BCUT2D eigenvalue weighted by Crippen LogP contribution is -2.45. The largest absolute Gasteiger partial charge is 0.350 e. The Kier molecular flexibility index (Phi) is 6.91. The number of nitrogens with one attached hydrogen (secondary N) is 1. The van der Waals surface area contributed by atoms with Gasteiger partial charge in [-0.1, -0.05) is 40.5 Å². The van der Waals surface area contributed by atoms with Crippen molar-refractivity contribution >= 4 is 26.8 Å². The van der Waals surface area contributed by atoms with Crippen LogP contribution >= 0.6 is 0 Å². The lowest BCUT2D eigenvalue weighted by Gasteiger charge is -2.34. The normalized spacial score (nSPS) is 22.1. The zero-order valence-corrected chi connectivity index (χ0v) is 19.8. The van der Waals surface area contributed by atoms with Gasteiger partial charge in [0.25, 0.3) is 5.91 Å². The fraction of sp³-hybridized carbons (Fsp3) is 0.565. The van der Waals surface area contributed by atoms with Crippen LogP contribution in [0, 0.1) is 11.8 Å². The Bertz CT molecular complexity index is 1140. The minimum absolute atomic E-state index is 0.0334. The van der Waals surface area contributed by atoms with Gasteiger partial charge in [-0.2, -0.15) is 4.31 Å². The quantitative estimate of drug-likeness (QED) is 0.737. The first-order valence-electron chi connectivity index (χ1n) is 11.1. The minimum atomic E-state index is -3.71. The first-order chi connectivity index (χ1) is 14.6. The summed E-state index contributed by atoms with van der Waals surface area (Å²) in [5.41, 5.74) is 0.177.